The number of rotatable bonds is 17. The standard InChI is InChI=1S/C36H58N2O6/c1-6-7-8-9-10-11-16-21-28(24-27-19-14-12-15-20-27)31(39)38-36(22-17-13-18-23-36)29(33(41)42)25-37-32(40)30-34(2,3)26-43-35(4,5)44-30/h12,14-15,19-20,28-30H,6-11,13,16-18,21-26H2,1-5H3,(H,37,40)(H,38,39)(H,41,42). The number of carbonyl (C=O) groups is 3. The molecule has 3 N–H and O–H groups in total. The van der Waals surface area contributed by atoms with Gasteiger partial charge in [-0.25, -0.2) is 0 Å². The molecule has 2 fully saturated rings. The maximum atomic E-state index is 14.1. The van der Waals surface area contributed by atoms with Crippen LogP contribution in [0.15, 0.2) is 30.3 Å². The second-order valence-corrected chi connectivity index (χ2v) is 14.3. The fraction of sp³-hybridized carbons (Fsp3) is 0.750. The first-order valence-electron chi connectivity index (χ1n) is 17.1. The normalized spacial score (nSPS) is 22.0. The maximum Gasteiger partial charge on any atom is 0.310 e. The largest absolute Gasteiger partial charge is 0.481 e. The first-order valence-corrected chi connectivity index (χ1v) is 17.1. The molecule has 0 spiro atoms. The van der Waals surface area contributed by atoms with Crippen molar-refractivity contribution in [1.82, 2.24) is 10.6 Å². The molecule has 3 rings (SSSR count). The van der Waals surface area contributed by atoms with E-state index in [1.807, 2.05) is 32.0 Å². The van der Waals surface area contributed by atoms with Crippen molar-refractivity contribution in [3.63, 3.8) is 0 Å². The van der Waals surface area contributed by atoms with E-state index in [-0.39, 0.29) is 24.3 Å². The van der Waals surface area contributed by atoms with Gasteiger partial charge >= 0.3 is 5.97 Å². The zero-order valence-corrected chi connectivity index (χ0v) is 27.9. The summed E-state index contributed by atoms with van der Waals surface area (Å²) in [6, 6.07) is 10.1. The van der Waals surface area contributed by atoms with Crippen molar-refractivity contribution >= 4 is 17.8 Å². The third-order valence-corrected chi connectivity index (χ3v) is 9.56. The van der Waals surface area contributed by atoms with Gasteiger partial charge in [0.1, 0.15) is 6.10 Å². The number of hydrogen-bond acceptors (Lipinski definition) is 5. The van der Waals surface area contributed by atoms with Gasteiger partial charge in [-0.05, 0) is 45.1 Å². The highest BCUT2D eigenvalue weighted by Gasteiger charge is 2.48. The van der Waals surface area contributed by atoms with Crippen LogP contribution in [0.3, 0.4) is 0 Å². The third-order valence-electron chi connectivity index (χ3n) is 9.56. The van der Waals surface area contributed by atoms with E-state index in [2.05, 4.69) is 29.7 Å². The lowest BCUT2D eigenvalue weighted by Gasteiger charge is -2.45. The van der Waals surface area contributed by atoms with Crippen molar-refractivity contribution in [2.45, 2.75) is 142 Å². The van der Waals surface area contributed by atoms with E-state index < -0.39 is 34.7 Å². The Bertz CT molecular complexity index is 1050. The monoisotopic (exact) mass is 614 g/mol. The molecule has 0 bridgehead atoms. The van der Waals surface area contributed by atoms with Gasteiger partial charge in [0.05, 0.1) is 18.1 Å². The molecule has 0 aromatic heterocycles. The van der Waals surface area contributed by atoms with Crippen LogP contribution in [0, 0.1) is 17.3 Å². The van der Waals surface area contributed by atoms with Crippen LogP contribution in [-0.4, -0.2) is 53.5 Å². The van der Waals surface area contributed by atoms with Crippen molar-refractivity contribution < 1.29 is 29.0 Å². The summed E-state index contributed by atoms with van der Waals surface area (Å²) in [6.07, 6.45) is 12.7. The second-order valence-electron chi connectivity index (χ2n) is 14.3. The Kier molecular flexibility index (Phi) is 13.7. The Balaban J connectivity index is 1.74. The number of benzene rings is 1. The molecule has 1 aromatic carbocycles. The topological polar surface area (TPSA) is 114 Å². The lowest BCUT2D eigenvalue weighted by atomic mass is 9.72. The Labute approximate surface area is 265 Å². The first-order chi connectivity index (χ1) is 20.9. The summed E-state index contributed by atoms with van der Waals surface area (Å²) in [7, 11) is 0. The molecule has 44 heavy (non-hydrogen) atoms. The van der Waals surface area contributed by atoms with Crippen molar-refractivity contribution in [2.75, 3.05) is 13.2 Å². The average molecular weight is 615 g/mol. The van der Waals surface area contributed by atoms with Crippen molar-refractivity contribution in [1.29, 1.82) is 0 Å². The Morgan fingerprint density at radius 1 is 0.932 bits per heavy atom. The fourth-order valence-electron chi connectivity index (χ4n) is 6.80. The molecule has 1 saturated carbocycles. The van der Waals surface area contributed by atoms with Gasteiger partial charge in [-0.1, -0.05) is 115 Å². The molecular weight excluding hydrogens is 556 g/mol. The summed E-state index contributed by atoms with van der Waals surface area (Å²) in [5.74, 6) is -3.54. The Hall–Kier alpha value is -2.45. The van der Waals surface area contributed by atoms with Crippen LogP contribution in [0.4, 0.5) is 0 Å². The summed E-state index contributed by atoms with van der Waals surface area (Å²) >= 11 is 0. The highest BCUT2D eigenvalue weighted by Crippen LogP contribution is 2.37. The summed E-state index contributed by atoms with van der Waals surface area (Å²) in [6.45, 7) is 9.84. The summed E-state index contributed by atoms with van der Waals surface area (Å²) < 4.78 is 11.7. The Morgan fingerprint density at radius 3 is 2.20 bits per heavy atom. The molecular formula is C36H58N2O6. The van der Waals surface area contributed by atoms with E-state index >= 15 is 0 Å². The van der Waals surface area contributed by atoms with Crippen LogP contribution >= 0.6 is 0 Å². The molecule has 8 nitrogen and oxygen atoms in total. The zero-order chi connectivity index (χ0) is 32.2. The highest BCUT2D eigenvalue weighted by molar-refractivity contribution is 5.84. The maximum absolute atomic E-state index is 14.1. The molecule has 8 heteroatoms. The van der Waals surface area contributed by atoms with Crippen molar-refractivity contribution in [3.8, 4) is 0 Å². The molecule has 3 unspecified atom stereocenters. The smallest absolute Gasteiger partial charge is 0.310 e. The van der Waals surface area contributed by atoms with Gasteiger partial charge in [-0.15, -0.1) is 0 Å². The minimum atomic E-state index is -1.01. The summed E-state index contributed by atoms with van der Waals surface area (Å²) in [5.41, 5.74) is -0.387. The van der Waals surface area contributed by atoms with Crippen LogP contribution < -0.4 is 10.6 Å². The minimum absolute atomic E-state index is 0.0741. The number of amides is 2. The number of carboxylic acid groups (broad SMARTS) is 1. The molecule has 1 aromatic rings. The van der Waals surface area contributed by atoms with Crippen LogP contribution in [0.2, 0.25) is 0 Å². The molecule has 1 saturated heterocycles. The van der Waals surface area contributed by atoms with Crippen LogP contribution in [-0.2, 0) is 30.3 Å². The number of unbranched alkanes of at least 4 members (excludes halogenated alkanes) is 6. The highest BCUT2D eigenvalue weighted by atomic mass is 16.7. The average Bonchev–Trinajstić information content (AvgIpc) is 2.98. The predicted molar refractivity (Wildman–Crippen MR) is 173 cm³/mol. The van der Waals surface area contributed by atoms with E-state index in [1.54, 1.807) is 13.8 Å². The number of aliphatic carboxylic acids is 1. The number of carboxylic acids is 1. The van der Waals surface area contributed by atoms with E-state index in [0.29, 0.717) is 25.9 Å². The minimum Gasteiger partial charge on any atom is -0.481 e. The van der Waals surface area contributed by atoms with Crippen molar-refractivity contribution in [3.05, 3.63) is 35.9 Å². The van der Waals surface area contributed by atoms with Gasteiger partial charge in [0.2, 0.25) is 11.8 Å². The van der Waals surface area contributed by atoms with Crippen LogP contribution in [0.25, 0.3) is 0 Å². The van der Waals surface area contributed by atoms with E-state index in [0.717, 1.165) is 44.1 Å². The van der Waals surface area contributed by atoms with Crippen molar-refractivity contribution in [2.24, 2.45) is 17.3 Å². The molecule has 3 atom stereocenters. The molecule has 2 amide bonds. The number of ether oxygens (including phenoxy) is 2. The molecule has 2 aliphatic rings. The van der Waals surface area contributed by atoms with Crippen LogP contribution in [0.1, 0.15) is 124 Å². The number of nitrogens with one attached hydrogen (secondary N) is 2. The molecule has 1 heterocycles. The number of hydrogen-bond donors (Lipinski definition) is 3. The van der Waals surface area contributed by atoms with Gasteiger partial charge in [-0.3, -0.25) is 14.4 Å². The van der Waals surface area contributed by atoms with E-state index in [4.69, 9.17) is 9.47 Å². The third kappa shape index (κ3) is 10.6. The fourth-order valence-corrected chi connectivity index (χ4v) is 6.80. The summed E-state index contributed by atoms with van der Waals surface area (Å²) in [5, 5.41) is 16.7. The number of carbonyl (C=O) groups excluding carboxylic acids is 2. The quantitative estimate of drug-likeness (QED) is 0.166. The summed E-state index contributed by atoms with van der Waals surface area (Å²) in [4.78, 5) is 40.3. The zero-order valence-electron chi connectivity index (χ0n) is 27.9. The molecule has 1 aliphatic carbocycles. The van der Waals surface area contributed by atoms with Gasteiger partial charge in [0, 0.05) is 17.9 Å². The second kappa shape index (κ2) is 16.7. The first kappa shape index (κ1) is 36.0. The van der Waals surface area contributed by atoms with Gasteiger partial charge in [-0.2, -0.15) is 0 Å². The molecule has 0 radical (unpaired) electrons. The lowest BCUT2D eigenvalue weighted by Crippen LogP contribution is -2.62. The predicted octanol–water partition coefficient (Wildman–Crippen LogP) is 6.80. The van der Waals surface area contributed by atoms with E-state index in [9.17, 15) is 19.5 Å². The SMILES string of the molecule is CCCCCCCCCC(Cc1ccccc1)C(=O)NC1(C(CNC(=O)C2OC(C)(C)OCC2(C)C)C(=O)O)CCCCC1. The van der Waals surface area contributed by atoms with Gasteiger partial charge in [0.25, 0.3) is 0 Å². The van der Waals surface area contributed by atoms with Gasteiger partial charge in [0.15, 0.2) is 5.79 Å². The molecule has 1 aliphatic heterocycles. The van der Waals surface area contributed by atoms with Gasteiger partial charge < -0.3 is 25.2 Å². The lowest BCUT2D eigenvalue weighted by molar-refractivity contribution is -0.304. The Morgan fingerprint density at radius 2 is 1.57 bits per heavy atom. The van der Waals surface area contributed by atoms with E-state index in [1.165, 1.54) is 32.1 Å². The van der Waals surface area contributed by atoms with Crippen LogP contribution in [0.5, 0.6) is 0 Å². The molecule has 248 valence electrons.